The summed E-state index contributed by atoms with van der Waals surface area (Å²) in [4.78, 5) is 29.9. The van der Waals surface area contributed by atoms with Crippen LogP contribution in [0, 0.1) is 6.92 Å². The second kappa shape index (κ2) is 11.0. The van der Waals surface area contributed by atoms with Crippen LogP contribution in [0.2, 0.25) is 0 Å². The van der Waals surface area contributed by atoms with Gasteiger partial charge in [0.2, 0.25) is 5.84 Å². The van der Waals surface area contributed by atoms with Crippen molar-refractivity contribution in [2.45, 2.75) is 6.92 Å². The maximum Gasteiger partial charge on any atom is 0.282 e. The summed E-state index contributed by atoms with van der Waals surface area (Å²) in [6, 6.07) is 26.3. The number of amides is 1. The zero-order valence-corrected chi connectivity index (χ0v) is 20.2. The summed E-state index contributed by atoms with van der Waals surface area (Å²) in [7, 11) is 0. The topological polar surface area (TPSA) is 127 Å². The zero-order valence-electron chi connectivity index (χ0n) is 20.2. The fourth-order valence-corrected chi connectivity index (χ4v) is 3.53. The number of nitrogens with zero attached hydrogens (tertiary/aromatic N) is 6. The molecule has 3 aromatic carbocycles. The lowest BCUT2D eigenvalue weighted by molar-refractivity contribution is 0.0955. The molecule has 0 atom stereocenters. The largest absolute Gasteiger partial charge is 0.461 e. The van der Waals surface area contributed by atoms with Crippen LogP contribution >= 0.6 is 0 Å². The number of nitrogens with one attached hydrogen (secondary N) is 1. The van der Waals surface area contributed by atoms with E-state index in [2.05, 4.69) is 30.8 Å². The van der Waals surface area contributed by atoms with Crippen molar-refractivity contribution < 1.29 is 9.21 Å². The molecule has 0 aliphatic rings. The monoisotopic (exact) mass is 503 g/mol. The number of para-hydroxylation sites is 1. The number of hydrazone groups is 1. The number of carbonyl (C=O) groups excluding carboxylic acids is 1. The van der Waals surface area contributed by atoms with Gasteiger partial charge in [-0.15, -0.1) is 15.3 Å². The second-order valence-electron chi connectivity index (χ2n) is 8.05. The van der Waals surface area contributed by atoms with Crippen LogP contribution in [0.25, 0.3) is 10.9 Å². The third-order valence-corrected chi connectivity index (χ3v) is 5.42. The van der Waals surface area contributed by atoms with E-state index in [1.54, 1.807) is 67.7 Å². The van der Waals surface area contributed by atoms with Crippen molar-refractivity contribution >= 4 is 34.5 Å². The van der Waals surface area contributed by atoms with Crippen LogP contribution in [-0.4, -0.2) is 27.6 Å². The van der Waals surface area contributed by atoms with Gasteiger partial charge in [-0.1, -0.05) is 42.5 Å². The predicted molar refractivity (Wildman–Crippen MR) is 144 cm³/mol. The lowest BCUT2D eigenvalue weighted by Crippen LogP contribution is -2.21. The first-order chi connectivity index (χ1) is 18.6. The van der Waals surface area contributed by atoms with Gasteiger partial charge in [0.25, 0.3) is 11.5 Å². The number of carbonyl (C=O) groups is 1. The summed E-state index contributed by atoms with van der Waals surface area (Å²) in [6.45, 7) is 1.68. The Kier molecular flexibility index (Phi) is 7.03. The third-order valence-electron chi connectivity index (χ3n) is 5.42. The molecule has 0 saturated carbocycles. The maximum absolute atomic E-state index is 13.1. The van der Waals surface area contributed by atoms with Gasteiger partial charge in [0, 0.05) is 5.56 Å². The van der Waals surface area contributed by atoms with Crippen molar-refractivity contribution in [1.29, 1.82) is 0 Å². The molecule has 38 heavy (non-hydrogen) atoms. The van der Waals surface area contributed by atoms with Gasteiger partial charge in [-0.25, -0.2) is 10.4 Å². The highest BCUT2D eigenvalue weighted by Crippen LogP contribution is 2.16. The first-order valence-corrected chi connectivity index (χ1v) is 11.6. The van der Waals surface area contributed by atoms with Gasteiger partial charge >= 0.3 is 0 Å². The molecule has 0 unspecified atom stereocenters. The van der Waals surface area contributed by atoms with E-state index in [0.717, 1.165) is 5.56 Å². The van der Waals surface area contributed by atoms with Crippen molar-refractivity contribution in [3.63, 3.8) is 0 Å². The molecular formula is C28H21N7O3. The first-order valence-electron chi connectivity index (χ1n) is 11.6. The quantitative estimate of drug-likeness (QED) is 0.150. The fourth-order valence-electron chi connectivity index (χ4n) is 3.53. The molecule has 1 N–H and O–H groups in total. The number of hydrogen-bond acceptors (Lipinski definition) is 7. The van der Waals surface area contributed by atoms with Crippen LogP contribution in [-0.2, 0) is 0 Å². The molecule has 0 aliphatic heterocycles. The maximum atomic E-state index is 13.1. The highest BCUT2D eigenvalue weighted by atomic mass is 16.3. The van der Waals surface area contributed by atoms with Gasteiger partial charge in [-0.05, 0) is 61.0 Å². The number of aryl methyl sites for hydroxylation is 1. The molecule has 10 heteroatoms. The summed E-state index contributed by atoms with van der Waals surface area (Å²) in [6.07, 6.45) is 3.04. The highest BCUT2D eigenvalue weighted by Gasteiger charge is 2.12. The second-order valence-corrected chi connectivity index (χ2v) is 8.05. The Bertz CT molecular complexity index is 1720. The van der Waals surface area contributed by atoms with Gasteiger partial charge in [0.1, 0.15) is 5.82 Å². The summed E-state index contributed by atoms with van der Waals surface area (Å²) >= 11 is 0. The smallest absolute Gasteiger partial charge is 0.282 e. The van der Waals surface area contributed by atoms with Crippen LogP contribution in [0.1, 0.15) is 27.5 Å². The molecule has 5 rings (SSSR count). The number of amidine groups is 1. The van der Waals surface area contributed by atoms with Gasteiger partial charge in [-0.3, -0.25) is 9.59 Å². The van der Waals surface area contributed by atoms with Crippen molar-refractivity contribution in [2.24, 2.45) is 20.4 Å². The normalized spacial score (nSPS) is 12.0. The number of furan rings is 1. The van der Waals surface area contributed by atoms with E-state index in [9.17, 15) is 9.59 Å². The standard InChI is InChI=1S/C28H21N7O3/c1-19-30-24-11-6-5-10-23(24)28(37)35(19)34-26(25-12-7-17-38-25)32-31-22-15-13-21(14-16-22)27(36)33-29-18-20-8-3-2-4-9-20/h2-18H,1H3,(H,33,36)/b29-18+,32-31?,34-26-. The van der Waals surface area contributed by atoms with E-state index in [0.29, 0.717) is 33.7 Å². The summed E-state index contributed by atoms with van der Waals surface area (Å²) in [5, 5.41) is 17.2. The Morgan fingerprint density at radius 2 is 1.71 bits per heavy atom. The average molecular weight is 504 g/mol. The van der Waals surface area contributed by atoms with Gasteiger partial charge < -0.3 is 4.42 Å². The zero-order chi connectivity index (χ0) is 26.3. The lowest BCUT2D eigenvalue weighted by Gasteiger charge is -2.06. The minimum atomic E-state index is -0.364. The minimum Gasteiger partial charge on any atom is -0.461 e. The van der Waals surface area contributed by atoms with E-state index in [1.807, 2.05) is 36.4 Å². The van der Waals surface area contributed by atoms with Crippen LogP contribution in [0.4, 0.5) is 5.69 Å². The Morgan fingerprint density at radius 1 is 0.947 bits per heavy atom. The molecule has 0 aliphatic carbocycles. The molecule has 0 radical (unpaired) electrons. The van der Waals surface area contributed by atoms with Crippen molar-refractivity contribution in [2.75, 3.05) is 0 Å². The summed E-state index contributed by atoms with van der Waals surface area (Å²) in [5.41, 5.74) is 4.48. The SMILES string of the molecule is Cc1nc2ccccc2c(=O)n1/N=C(\N=Nc1ccc(C(=O)N/N=C/c2ccccc2)cc1)c1ccco1. The number of azo groups is 1. The molecule has 10 nitrogen and oxygen atoms in total. The number of rotatable bonds is 6. The molecule has 5 aromatic rings. The van der Waals surface area contributed by atoms with Crippen LogP contribution in [0.15, 0.2) is 127 Å². The van der Waals surface area contributed by atoms with Gasteiger partial charge in [-0.2, -0.15) is 9.78 Å². The first kappa shape index (κ1) is 24.2. The molecule has 2 aromatic heterocycles. The molecule has 0 saturated heterocycles. The van der Waals surface area contributed by atoms with Crippen molar-refractivity contribution in [3.8, 4) is 0 Å². The van der Waals surface area contributed by atoms with Crippen LogP contribution in [0.5, 0.6) is 0 Å². The van der Waals surface area contributed by atoms with E-state index in [-0.39, 0.29) is 17.3 Å². The van der Waals surface area contributed by atoms with Crippen molar-refractivity contribution in [1.82, 2.24) is 15.1 Å². The number of benzene rings is 3. The third kappa shape index (κ3) is 5.49. The average Bonchev–Trinajstić information content (AvgIpc) is 3.48. The Morgan fingerprint density at radius 3 is 2.47 bits per heavy atom. The Labute approximate surface area is 216 Å². The van der Waals surface area contributed by atoms with E-state index >= 15 is 0 Å². The summed E-state index contributed by atoms with van der Waals surface area (Å²) in [5.74, 6) is 0.422. The summed E-state index contributed by atoms with van der Waals surface area (Å²) < 4.78 is 6.63. The fraction of sp³-hybridized carbons (Fsp3) is 0.0357. The molecule has 0 spiro atoms. The molecule has 2 heterocycles. The number of fused-ring (bicyclic) bond motifs is 1. The molecule has 1 amide bonds. The predicted octanol–water partition coefficient (Wildman–Crippen LogP) is 5.06. The minimum absolute atomic E-state index is 0.0781. The Hall–Kier alpha value is -5.51. The number of hydrogen-bond donors (Lipinski definition) is 1. The number of aromatic nitrogens is 2. The van der Waals surface area contributed by atoms with Crippen LogP contribution < -0.4 is 11.0 Å². The van der Waals surface area contributed by atoms with E-state index < -0.39 is 0 Å². The van der Waals surface area contributed by atoms with E-state index in [4.69, 9.17) is 4.42 Å². The molecule has 0 fully saturated rings. The van der Waals surface area contributed by atoms with Crippen LogP contribution in [0.3, 0.4) is 0 Å². The molecule has 186 valence electrons. The Balaban J connectivity index is 1.37. The highest BCUT2D eigenvalue weighted by molar-refractivity contribution is 5.97. The molecule has 0 bridgehead atoms. The van der Waals surface area contributed by atoms with Gasteiger partial charge in [0.15, 0.2) is 5.76 Å². The van der Waals surface area contributed by atoms with Gasteiger partial charge in [0.05, 0.1) is 29.1 Å². The molecular weight excluding hydrogens is 482 g/mol. The van der Waals surface area contributed by atoms with Crippen molar-refractivity contribution in [3.05, 3.63) is 130 Å². The lowest BCUT2D eigenvalue weighted by atomic mass is 10.2. The van der Waals surface area contributed by atoms with E-state index in [1.165, 1.54) is 10.9 Å².